The van der Waals surface area contributed by atoms with Gasteiger partial charge in [0.1, 0.15) is 4.90 Å². The average Bonchev–Trinajstić information content (AvgIpc) is 2.14. The summed E-state index contributed by atoms with van der Waals surface area (Å²) in [7, 11) is -2.32. The third-order valence-corrected chi connectivity index (χ3v) is 3.76. The molecular weight excluding hydrogens is 240 g/mol. The molecule has 5 nitrogen and oxygen atoms in total. The van der Waals surface area contributed by atoms with Gasteiger partial charge in [-0.25, -0.2) is 17.9 Å². The van der Waals surface area contributed by atoms with Crippen LogP contribution < -0.4 is 9.62 Å². The normalized spacial score (nSPS) is 18.3. The Kier molecular flexibility index (Phi) is 2.13. The van der Waals surface area contributed by atoms with Gasteiger partial charge in [-0.3, -0.25) is 4.90 Å². The molecule has 0 radical (unpaired) electrons. The number of benzene rings is 1. The number of halogens is 1. The molecule has 0 saturated heterocycles. The molecule has 0 aliphatic carbocycles. The number of carbonyl (C=O) groups is 1. The van der Waals surface area contributed by atoms with Crippen molar-refractivity contribution in [3.63, 3.8) is 0 Å². The molecule has 1 aromatic carbocycles. The van der Waals surface area contributed by atoms with Crippen molar-refractivity contribution in [2.45, 2.75) is 4.90 Å². The van der Waals surface area contributed by atoms with Crippen LogP contribution in [0.3, 0.4) is 0 Å². The Balaban J connectivity index is 2.81. The molecule has 2 amide bonds. The van der Waals surface area contributed by atoms with Crippen molar-refractivity contribution >= 4 is 33.3 Å². The number of fused-ring (bicyclic) bond motifs is 1. The van der Waals surface area contributed by atoms with Crippen molar-refractivity contribution in [3.8, 4) is 0 Å². The Morgan fingerprint density at radius 1 is 1.40 bits per heavy atom. The first-order valence-corrected chi connectivity index (χ1v) is 5.88. The Labute approximate surface area is 91.7 Å². The van der Waals surface area contributed by atoms with Crippen LogP contribution >= 0.6 is 11.6 Å². The highest BCUT2D eigenvalue weighted by atomic mass is 35.5. The van der Waals surface area contributed by atoms with Gasteiger partial charge in [0.2, 0.25) is 0 Å². The molecule has 2 rings (SSSR count). The SMILES string of the molecule is CN1C(=O)NS(=O)(=O)c2cccc(Cl)c21. The smallest absolute Gasteiger partial charge is 0.294 e. The molecule has 0 unspecified atom stereocenters. The van der Waals surface area contributed by atoms with Gasteiger partial charge in [0.05, 0.1) is 10.7 Å². The lowest BCUT2D eigenvalue weighted by atomic mass is 10.3. The van der Waals surface area contributed by atoms with E-state index in [4.69, 9.17) is 11.6 Å². The number of sulfonamides is 1. The van der Waals surface area contributed by atoms with Crippen LogP contribution in [0.4, 0.5) is 10.5 Å². The Hall–Kier alpha value is -1.27. The highest BCUT2D eigenvalue weighted by Crippen LogP contribution is 2.34. The van der Waals surface area contributed by atoms with Gasteiger partial charge in [0.25, 0.3) is 10.0 Å². The Morgan fingerprint density at radius 2 is 2.07 bits per heavy atom. The number of hydrogen-bond acceptors (Lipinski definition) is 3. The monoisotopic (exact) mass is 246 g/mol. The zero-order chi connectivity index (χ0) is 11.2. The highest BCUT2D eigenvalue weighted by Gasteiger charge is 2.33. The molecule has 1 heterocycles. The van der Waals surface area contributed by atoms with Gasteiger partial charge >= 0.3 is 6.03 Å². The van der Waals surface area contributed by atoms with E-state index >= 15 is 0 Å². The van der Waals surface area contributed by atoms with Crippen molar-refractivity contribution in [3.05, 3.63) is 23.2 Å². The summed E-state index contributed by atoms with van der Waals surface area (Å²) in [5, 5.41) is 0.230. The topological polar surface area (TPSA) is 66.5 Å². The molecular formula is C8H7ClN2O3S. The first-order chi connectivity index (χ1) is 6.93. The van der Waals surface area contributed by atoms with Crippen LogP contribution in [0.2, 0.25) is 5.02 Å². The maximum Gasteiger partial charge on any atom is 0.335 e. The second kappa shape index (κ2) is 3.11. The molecule has 1 N–H and O–H groups in total. The summed E-state index contributed by atoms with van der Waals surface area (Å²) >= 11 is 5.84. The van der Waals surface area contributed by atoms with Gasteiger partial charge in [-0.2, -0.15) is 0 Å². The summed E-state index contributed by atoms with van der Waals surface area (Å²) in [6.07, 6.45) is 0. The molecule has 0 aromatic heterocycles. The van der Waals surface area contributed by atoms with Gasteiger partial charge in [-0.15, -0.1) is 0 Å². The van der Waals surface area contributed by atoms with Gasteiger partial charge in [-0.05, 0) is 12.1 Å². The quantitative estimate of drug-likeness (QED) is 0.748. The Morgan fingerprint density at radius 3 is 2.73 bits per heavy atom. The zero-order valence-electron chi connectivity index (χ0n) is 7.69. The van der Waals surface area contributed by atoms with Crippen LogP contribution in [0.5, 0.6) is 0 Å². The molecule has 7 heteroatoms. The number of anilines is 1. The van der Waals surface area contributed by atoms with Crippen LogP contribution in [0.15, 0.2) is 23.1 Å². The van der Waals surface area contributed by atoms with Crippen molar-refractivity contribution in [2.75, 3.05) is 11.9 Å². The van der Waals surface area contributed by atoms with E-state index < -0.39 is 16.1 Å². The molecule has 15 heavy (non-hydrogen) atoms. The minimum Gasteiger partial charge on any atom is -0.294 e. The van der Waals surface area contributed by atoms with Gasteiger partial charge < -0.3 is 0 Å². The largest absolute Gasteiger partial charge is 0.335 e. The van der Waals surface area contributed by atoms with Gasteiger partial charge in [0, 0.05) is 7.05 Å². The summed E-state index contributed by atoms with van der Waals surface area (Å²) in [4.78, 5) is 12.5. The van der Waals surface area contributed by atoms with Crippen LogP contribution in [-0.2, 0) is 10.0 Å². The summed E-state index contributed by atoms with van der Waals surface area (Å²) in [5.74, 6) is 0. The molecule has 0 atom stereocenters. The first-order valence-electron chi connectivity index (χ1n) is 4.02. The fraction of sp³-hybridized carbons (Fsp3) is 0.125. The molecule has 0 bridgehead atoms. The highest BCUT2D eigenvalue weighted by molar-refractivity contribution is 7.90. The van der Waals surface area contributed by atoms with E-state index in [2.05, 4.69) is 0 Å². The molecule has 0 fully saturated rings. The number of carbonyl (C=O) groups excluding carboxylic acids is 1. The molecule has 1 aliphatic rings. The lowest BCUT2D eigenvalue weighted by molar-refractivity contribution is 0.251. The van der Waals surface area contributed by atoms with E-state index in [0.717, 1.165) is 0 Å². The molecule has 1 aromatic rings. The standard InChI is InChI=1S/C8H7ClN2O3S/c1-11-7-5(9)3-2-4-6(7)15(13,14)10-8(11)12/h2-4H,1H3,(H,10,12). The average molecular weight is 247 g/mol. The second-order valence-corrected chi connectivity index (χ2v) is 5.11. The fourth-order valence-corrected chi connectivity index (χ4v) is 2.97. The third-order valence-electron chi connectivity index (χ3n) is 2.10. The van der Waals surface area contributed by atoms with Crippen LogP contribution in [-0.4, -0.2) is 21.5 Å². The van der Waals surface area contributed by atoms with E-state index in [9.17, 15) is 13.2 Å². The number of nitrogens with zero attached hydrogens (tertiary/aromatic N) is 1. The first kappa shape index (κ1) is 10.3. The number of urea groups is 1. The second-order valence-electron chi connectivity index (χ2n) is 3.06. The van der Waals surface area contributed by atoms with Gasteiger partial charge in [-0.1, -0.05) is 17.7 Å². The lowest BCUT2D eigenvalue weighted by Gasteiger charge is -2.26. The fourth-order valence-electron chi connectivity index (χ4n) is 1.38. The summed E-state index contributed by atoms with van der Waals surface area (Å²) in [5.41, 5.74) is 0.211. The van der Waals surface area contributed by atoms with E-state index in [1.807, 2.05) is 4.72 Å². The van der Waals surface area contributed by atoms with Crippen LogP contribution in [0.1, 0.15) is 0 Å². The van der Waals surface area contributed by atoms with E-state index in [0.29, 0.717) is 0 Å². The minimum atomic E-state index is -3.77. The van der Waals surface area contributed by atoms with Crippen molar-refractivity contribution in [1.29, 1.82) is 0 Å². The molecule has 0 spiro atoms. The van der Waals surface area contributed by atoms with Crippen LogP contribution in [0.25, 0.3) is 0 Å². The maximum atomic E-state index is 11.6. The predicted octanol–water partition coefficient (Wildman–Crippen LogP) is 1.19. The maximum absolute atomic E-state index is 11.6. The number of nitrogens with one attached hydrogen (secondary N) is 1. The third kappa shape index (κ3) is 1.46. The van der Waals surface area contributed by atoms with E-state index in [1.165, 1.54) is 30.1 Å². The number of para-hydroxylation sites is 1. The van der Waals surface area contributed by atoms with E-state index in [1.54, 1.807) is 0 Å². The summed E-state index contributed by atoms with van der Waals surface area (Å²) in [6.45, 7) is 0. The Bertz CT molecular complexity index is 541. The molecule has 1 aliphatic heterocycles. The summed E-state index contributed by atoms with van der Waals surface area (Å²) in [6, 6.07) is 3.73. The molecule has 80 valence electrons. The zero-order valence-corrected chi connectivity index (χ0v) is 9.26. The minimum absolute atomic E-state index is 0.0112. The number of hydrogen-bond donors (Lipinski definition) is 1. The van der Waals surface area contributed by atoms with E-state index in [-0.39, 0.29) is 15.6 Å². The number of amides is 2. The van der Waals surface area contributed by atoms with Gasteiger partial charge in [0.15, 0.2) is 0 Å². The van der Waals surface area contributed by atoms with Crippen molar-refractivity contribution in [2.24, 2.45) is 0 Å². The van der Waals surface area contributed by atoms with Crippen molar-refractivity contribution < 1.29 is 13.2 Å². The predicted molar refractivity (Wildman–Crippen MR) is 55.6 cm³/mol. The van der Waals surface area contributed by atoms with Crippen LogP contribution in [0, 0.1) is 0 Å². The summed E-state index contributed by atoms with van der Waals surface area (Å²) < 4.78 is 25.0. The number of rotatable bonds is 0. The molecule has 0 saturated carbocycles. The van der Waals surface area contributed by atoms with Crippen molar-refractivity contribution in [1.82, 2.24) is 4.72 Å². The lowest BCUT2D eigenvalue weighted by Crippen LogP contribution is -2.45.